The number of hydrogen-bond acceptors (Lipinski definition) is 10. The van der Waals surface area contributed by atoms with Gasteiger partial charge in [-0.3, -0.25) is 9.97 Å². The van der Waals surface area contributed by atoms with Crippen molar-refractivity contribution in [1.29, 1.82) is 0 Å². The predicted molar refractivity (Wildman–Crippen MR) is 538 cm³/mol. The number of rotatable bonds is 52. The summed E-state index contributed by atoms with van der Waals surface area (Å²) < 4.78 is 27.2. The Balaban J connectivity index is 0.876. The van der Waals surface area contributed by atoms with Crippen LogP contribution in [0.15, 0.2) is 146 Å². The van der Waals surface area contributed by atoms with Crippen molar-refractivity contribution in [1.82, 2.24) is 49.8 Å². The lowest BCUT2D eigenvalue weighted by Crippen LogP contribution is -2.01. The van der Waals surface area contributed by atoms with Gasteiger partial charge in [0.2, 0.25) is 0 Å². The van der Waals surface area contributed by atoms with E-state index in [9.17, 15) is 0 Å². The van der Waals surface area contributed by atoms with Crippen LogP contribution in [0.3, 0.4) is 0 Å². The van der Waals surface area contributed by atoms with Gasteiger partial charge in [0, 0.05) is 92.3 Å². The Kier molecular flexibility index (Phi) is 36.6. The highest BCUT2D eigenvalue weighted by Crippen LogP contribution is 2.41. The molecule has 12 heterocycles. The first-order valence-corrected chi connectivity index (χ1v) is 49.3. The molecule has 14 heteroatoms. The lowest BCUT2D eigenvalue weighted by atomic mass is 10.0. The molecular weight excluding hydrogens is 1570 g/mol. The summed E-state index contributed by atoms with van der Waals surface area (Å²) in [7, 11) is 0. The summed E-state index contributed by atoms with van der Waals surface area (Å²) in [6.45, 7) is 11.6. The van der Waals surface area contributed by atoms with Crippen molar-refractivity contribution in [2.75, 3.05) is 26.4 Å². The molecule has 2 aromatic carbocycles. The molecule has 0 fully saturated rings. The lowest BCUT2D eigenvalue weighted by Gasteiger charge is -2.14. The first-order chi connectivity index (χ1) is 63.3. The first-order valence-electron chi connectivity index (χ1n) is 49.3. The van der Waals surface area contributed by atoms with Crippen molar-refractivity contribution < 1.29 is 18.9 Å². The molecule has 0 saturated carbocycles. The Morgan fingerprint density at radius 2 is 0.492 bits per heavy atom. The molecule has 0 spiro atoms. The fourth-order valence-corrected chi connectivity index (χ4v) is 17.9. The maximum atomic E-state index is 6.80. The second-order valence-corrected chi connectivity index (χ2v) is 35.2. The maximum absolute atomic E-state index is 6.80. The van der Waals surface area contributed by atoms with Crippen LogP contribution >= 0.6 is 0 Å². The van der Waals surface area contributed by atoms with Gasteiger partial charge in [-0.1, -0.05) is 259 Å². The monoisotopic (exact) mass is 1710 g/mol. The minimum Gasteiger partial charge on any atom is -0.493 e. The molecule has 14 rings (SSSR count). The third-order valence-corrected chi connectivity index (χ3v) is 24.9. The van der Waals surface area contributed by atoms with E-state index in [-0.39, 0.29) is 0 Å². The molecular formula is C114H136N10O4. The zero-order valence-corrected chi connectivity index (χ0v) is 76.9. The van der Waals surface area contributed by atoms with Crippen molar-refractivity contribution in [2.24, 2.45) is 0 Å². The van der Waals surface area contributed by atoms with Gasteiger partial charge in [-0.05, 0) is 229 Å². The van der Waals surface area contributed by atoms with Crippen molar-refractivity contribution in [3.8, 4) is 91.2 Å². The van der Waals surface area contributed by atoms with E-state index in [1.54, 1.807) is 0 Å². The first kappa shape index (κ1) is 92.4. The summed E-state index contributed by atoms with van der Waals surface area (Å²) in [5.74, 6) is 17.2. The van der Waals surface area contributed by atoms with Crippen LogP contribution in [0.1, 0.15) is 341 Å². The highest BCUT2D eigenvalue weighted by Gasteiger charge is 2.22. The maximum Gasteiger partial charge on any atom is 0.123 e. The number of nitrogens with one attached hydrogen (secondary N) is 4. The van der Waals surface area contributed by atoms with Crippen LogP contribution in [-0.2, 0) is 0 Å². The molecule has 10 aromatic rings. The van der Waals surface area contributed by atoms with E-state index >= 15 is 0 Å². The van der Waals surface area contributed by atoms with Crippen LogP contribution in [-0.4, -0.2) is 76.3 Å². The molecule has 0 amide bonds. The SMILES string of the molecule is CCCCCCCCCCCCOc1cc(OCCCCCCCCCCCC)cc(-c2c3nc(cc4ccc([nH]4)c(-c4ccncc4)c4nc(c(C#CC#Cc5c6nc(c(-c7ccncc7)c7ccc(cc8nc(c(-c9cc(OCCCCCCCCCCCC)cc(OCCCCCCCCCCCC)c9)c9ccc5[nH]9)C=C8)[nH]7)C=C6)c5ccc2[nH]5)C=C4)C=C3)c1. The van der Waals surface area contributed by atoms with Gasteiger partial charge < -0.3 is 38.9 Å². The average molecular weight is 1710 g/mol. The molecule has 8 aromatic heterocycles. The van der Waals surface area contributed by atoms with Gasteiger partial charge in [0.1, 0.15) is 23.0 Å². The van der Waals surface area contributed by atoms with Crippen LogP contribution in [0.5, 0.6) is 23.0 Å². The molecule has 128 heavy (non-hydrogen) atoms. The third-order valence-electron chi connectivity index (χ3n) is 24.9. The van der Waals surface area contributed by atoms with Crippen molar-refractivity contribution in [3.63, 3.8) is 0 Å². The minimum absolute atomic E-state index is 0.615. The number of unbranched alkanes of at least 4 members (excludes halogenated alkanes) is 36. The molecule has 4 aliphatic heterocycles. The van der Waals surface area contributed by atoms with E-state index in [2.05, 4.69) is 227 Å². The highest BCUT2D eigenvalue weighted by molar-refractivity contribution is 5.97. The Labute approximate surface area is 761 Å². The second kappa shape index (κ2) is 50.7. The standard InChI is InChI=1S/C114H136N10O4/c1-5-9-13-17-21-25-29-33-37-43-73-125-93-77-87(78-94(83-93)126-74-44-38-34-30-26-22-18-14-10-6-2)113-105-55-51-91(119-105)81-89-49-53-103(117-89)111(85-65-69-115-70-66-85)107-61-57-99(121-107)97(101-59-63-109(113)123-101)47-41-42-48-98-100-58-62-108(122-100)112(86-67-71-116-72-68-86)104-54-50-90(118-104)82-92-52-56-106(120-92)114(110-64-60-102(98)124-110)88-79-95(127-75-45-39-35-31-27-23-19-15-11-7-3)84-96(80-88)128-76-46-40-36-32-28-24-20-16-12-8-4/h49-72,77-84,117-118,123-124H,5-40,43-46,73-76H2,1-4H3. The van der Waals surface area contributed by atoms with E-state index in [4.69, 9.17) is 38.9 Å². The average Bonchev–Trinajstić information content (AvgIpc) is 1.71. The molecule has 4 N–H and O–H groups in total. The second-order valence-electron chi connectivity index (χ2n) is 35.2. The van der Waals surface area contributed by atoms with E-state index in [0.717, 1.165) is 197 Å². The number of aromatic amines is 4. The van der Waals surface area contributed by atoms with Gasteiger partial charge in [-0.15, -0.1) is 0 Å². The van der Waals surface area contributed by atoms with Crippen LogP contribution in [0, 0.1) is 23.7 Å². The lowest BCUT2D eigenvalue weighted by molar-refractivity contribution is 0.289. The summed E-state index contributed by atoms with van der Waals surface area (Å²) >= 11 is 0. The Morgan fingerprint density at radius 3 is 0.812 bits per heavy atom. The fourth-order valence-electron chi connectivity index (χ4n) is 17.9. The smallest absolute Gasteiger partial charge is 0.123 e. The van der Waals surface area contributed by atoms with Gasteiger partial charge in [-0.25, -0.2) is 19.9 Å². The van der Waals surface area contributed by atoms with E-state index in [0.29, 0.717) is 48.9 Å². The summed E-state index contributed by atoms with van der Waals surface area (Å²) in [6.07, 6.45) is 74.1. The molecule has 16 bridgehead atoms. The molecule has 14 nitrogen and oxygen atoms in total. The van der Waals surface area contributed by atoms with Crippen LogP contribution in [0.25, 0.3) is 137 Å². The van der Waals surface area contributed by atoms with Crippen molar-refractivity contribution in [2.45, 2.75) is 285 Å². The number of hydrogen-bond donors (Lipinski definition) is 4. The van der Waals surface area contributed by atoms with Crippen molar-refractivity contribution >= 4 is 92.7 Å². The van der Waals surface area contributed by atoms with Crippen LogP contribution in [0.2, 0.25) is 0 Å². The number of H-pyrrole nitrogens is 4. The Hall–Kier alpha value is -11.7. The van der Waals surface area contributed by atoms with Gasteiger partial charge in [0.25, 0.3) is 0 Å². The zero-order valence-electron chi connectivity index (χ0n) is 76.9. The largest absolute Gasteiger partial charge is 0.493 e. The summed E-state index contributed by atoms with van der Waals surface area (Å²) in [4.78, 5) is 46.2. The molecule has 4 aliphatic rings. The van der Waals surface area contributed by atoms with E-state index in [1.165, 1.54) is 205 Å². The number of benzene rings is 2. The quantitative estimate of drug-likeness (QED) is 0.0212. The summed E-state index contributed by atoms with van der Waals surface area (Å²) in [6, 6.07) is 42.1. The summed E-state index contributed by atoms with van der Waals surface area (Å²) in [5, 5.41) is 0. The Morgan fingerprint density at radius 1 is 0.234 bits per heavy atom. The highest BCUT2D eigenvalue weighted by atomic mass is 16.5. The predicted octanol–water partition coefficient (Wildman–Crippen LogP) is 31.7. The van der Waals surface area contributed by atoms with E-state index < -0.39 is 0 Å². The number of aromatic nitrogens is 10. The van der Waals surface area contributed by atoms with Gasteiger partial charge in [0.05, 0.1) is 94.1 Å². The molecule has 0 aliphatic carbocycles. The van der Waals surface area contributed by atoms with Gasteiger partial charge in [-0.2, -0.15) is 0 Å². The number of ether oxygens (including phenoxy) is 4. The number of fused-ring (bicyclic) bond motifs is 16. The normalized spacial score (nSPS) is 11.9. The van der Waals surface area contributed by atoms with E-state index in [1.807, 2.05) is 49.1 Å². The van der Waals surface area contributed by atoms with Crippen molar-refractivity contribution in [3.05, 3.63) is 203 Å². The fraction of sp³-hybridized carbons (Fsp3) is 0.421. The number of pyridine rings is 2. The van der Waals surface area contributed by atoms with Gasteiger partial charge >= 0.3 is 0 Å². The molecule has 0 atom stereocenters. The zero-order chi connectivity index (χ0) is 87.8. The molecule has 0 radical (unpaired) electrons. The number of nitrogens with zero attached hydrogens (tertiary/aromatic N) is 6. The third kappa shape index (κ3) is 27.4. The molecule has 666 valence electrons. The van der Waals surface area contributed by atoms with Crippen LogP contribution < -0.4 is 18.9 Å². The summed E-state index contributed by atoms with van der Waals surface area (Å²) in [5.41, 5.74) is 21.6. The van der Waals surface area contributed by atoms with Gasteiger partial charge in [0.15, 0.2) is 0 Å². The topological polar surface area (TPSA) is 177 Å². The van der Waals surface area contributed by atoms with Crippen LogP contribution in [0.4, 0.5) is 0 Å². The molecule has 0 unspecified atom stereocenters. The minimum atomic E-state index is 0.615. The molecule has 0 saturated heterocycles. The Bertz CT molecular complexity index is 5410.